The fraction of sp³-hybridized carbons (Fsp3) is 0.500. The summed E-state index contributed by atoms with van der Waals surface area (Å²) >= 11 is 0. The van der Waals surface area contributed by atoms with Crippen LogP contribution >= 0.6 is 0 Å². The number of nitrogens with two attached hydrogens (primary N) is 1. The van der Waals surface area contributed by atoms with E-state index in [9.17, 15) is 9.59 Å². The molecule has 0 spiro atoms. The normalized spacial score (nSPS) is 19.8. The number of nitrogens with zero attached hydrogens (tertiary/aromatic N) is 2. The molecule has 1 fully saturated rings. The zero-order valence-electron chi connectivity index (χ0n) is 9.47. The van der Waals surface area contributed by atoms with E-state index >= 15 is 0 Å². The zero-order chi connectivity index (χ0) is 12.4. The second kappa shape index (κ2) is 4.44. The Labute approximate surface area is 97.9 Å². The Hall–Kier alpha value is -2.05. The van der Waals surface area contributed by atoms with Gasteiger partial charge in [-0.05, 0) is 6.42 Å². The highest BCUT2D eigenvalue weighted by Crippen LogP contribution is 2.22. The maximum Gasteiger partial charge on any atom is 0.360 e. The molecule has 0 radical (unpaired) electrons. The van der Waals surface area contributed by atoms with Crippen molar-refractivity contribution < 1.29 is 14.3 Å². The van der Waals surface area contributed by atoms with Gasteiger partial charge in [-0.1, -0.05) is 0 Å². The lowest BCUT2D eigenvalue weighted by molar-refractivity contribution is -0.122. The van der Waals surface area contributed by atoms with Crippen LogP contribution in [0.3, 0.4) is 0 Å². The number of amides is 1. The van der Waals surface area contributed by atoms with Crippen LogP contribution in [0.15, 0.2) is 6.33 Å². The van der Waals surface area contributed by atoms with Crippen LogP contribution in [0.1, 0.15) is 29.4 Å². The molecule has 92 valence electrons. The molecule has 2 rings (SSSR count). The second-order valence-electron chi connectivity index (χ2n) is 3.87. The van der Waals surface area contributed by atoms with E-state index in [0.29, 0.717) is 19.4 Å². The lowest BCUT2D eigenvalue weighted by atomic mass is 10.1. The fourth-order valence-corrected chi connectivity index (χ4v) is 1.87. The molecule has 7 nitrogen and oxygen atoms in total. The van der Waals surface area contributed by atoms with Crippen LogP contribution in [-0.2, 0) is 9.53 Å². The van der Waals surface area contributed by atoms with Crippen molar-refractivity contribution >= 4 is 17.7 Å². The van der Waals surface area contributed by atoms with E-state index in [0.717, 1.165) is 0 Å². The number of methoxy groups -OCH3 is 1. The van der Waals surface area contributed by atoms with Gasteiger partial charge >= 0.3 is 5.97 Å². The molecular formula is C10H14N4O3. The largest absolute Gasteiger partial charge is 0.464 e. The van der Waals surface area contributed by atoms with Crippen LogP contribution in [0.5, 0.6) is 0 Å². The molecule has 1 aromatic heterocycles. The first kappa shape index (κ1) is 11.4. The minimum Gasteiger partial charge on any atom is -0.464 e. The van der Waals surface area contributed by atoms with E-state index in [4.69, 9.17) is 5.73 Å². The van der Waals surface area contributed by atoms with E-state index in [2.05, 4.69) is 15.0 Å². The molecular weight excluding hydrogens is 224 g/mol. The van der Waals surface area contributed by atoms with E-state index < -0.39 is 5.97 Å². The predicted molar refractivity (Wildman–Crippen MR) is 59.3 cm³/mol. The maximum absolute atomic E-state index is 11.3. The van der Waals surface area contributed by atoms with Crippen molar-refractivity contribution in [2.45, 2.75) is 18.9 Å². The Bertz CT molecular complexity index is 444. The number of hydrogen-bond donors (Lipinski definition) is 2. The molecule has 0 saturated carbocycles. The number of esters is 1. The zero-order valence-corrected chi connectivity index (χ0v) is 9.47. The summed E-state index contributed by atoms with van der Waals surface area (Å²) in [5, 5.41) is 2.75. The van der Waals surface area contributed by atoms with Crippen molar-refractivity contribution in [1.82, 2.24) is 14.9 Å². The first-order valence-electron chi connectivity index (χ1n) is 5.30. The molecule has 1 aliphatic rings. The van der Waals surface area contributed by atoms with E-state index in [-0.39, 0.29) is 23.5 Å². The molecule has 1 unspecified atom stereocenters. The van der Waals surface area contributed by atoms with Gasteiger partial charge in [0.15, 0.2) is 5.69 Å². The molecule has 1 aliphatic heterocycles. The Morgan fingerprint density at radius 1 is 1.71 bits per heavy atom. The Morgan fingerprint density at radius 3 is 3.06 bits per heavy atom. The number of ether oxygens (including phenoxy) is 1. The van der Waals surface area contributed by atoms with Gasteiger partial charge in [-0.2, -0.15) is 0 Å². The van der Waals surface area contributed by atoms with Gasteiger partial charge in [0, 0.05) is 13.0 Å². The fourth-order valence-electron chi connectivity index (χ4n) is 1.87. The van der Waals surface area contributed by atoms with Crippen molar-refractivity contribution in [1.29, 1.82) is 0 Å². The van der Waals surface area contributed by atoms with Gasteiger partial charge in [-0.3, -0.25) is 4.79 Å². The molecule has 3 N–H and O–H groups in total. The smallest absolute Gasteiger partial charge is 0.360 e. The number of nitrogen functional groups attached to an aromatic ring is 1. The average molecular weight is 238 g/mol. The number of rotatable bonds is 2. The van der Waals surface area contributed by atoms with Gasteiger partial charge in [0.1, 0.15) is 5.82 Å². The minimum absolute atomic E-state index is 0.0353. The molecule has 1 amide bonds. The topological polar surface area (TPSA) is 99.2 Å². The van der Waals surface area contributed by atoms with E-state index in [1.807, 2.05) is 0 Å². The summed E-state index contributed by atoms with van der Waals surface area (Å²) in [6.45, 7) is 0.500. The van der Waals surface area contributed by atoms with Crippen LogP contribution in [-0.4, -0.2) is 35.1 Å². The van der Waals surface area contributed by atoms with Crippen molar-refractivity contribution in [2.24, 2.45) is 0 Å². The number of anilines is 1. The van der Waals surface area contributed by atoms with Crippen molar-refractivity contribution in [3.05, 3.63) is 12.0 Å². The third kappa shape index (κ3) is 2.08. The molecule has 0 aromatic carbocycles. The quantitative estimate of drug-likeness (QED) is 0.689. The molecule has 2 heterocycles. The van der Waals surface area contributed by atoms with Gasteiger partial charge in [0.2, 0.25) is 5.91 Å². The van der Waals surface area contributed by atoms with Crippen molar-refractivity contribution in [2.75, 3.05) is 19.4 Å². The third-order valence-corrected chi connectivity index (χ3v) is 2.84. The SMILES string of the molecule is COC(=O)c1ncn(C2CCC(=O)NC2)c1N. The van der Waals surface area contributed by atoms with Crippen LogP contribution < -0.4 is 11.1 Å². The van der Waals surface area contributed by atoms with Gasteiger partial charge in [0.05, 0.1) is 19.5 Å². The minimum atomic E-state index is -0.555. The number of nitrogens with one attached hydrogen (secondary N) is 1. The van der Waals surface area contributed by atoms with Crippen LogP contribution in [0.25, 0.3) is 0 Å². The Morgan fingerprint density at radius 2 is 2.47 bits per heavy atom. The van der Waals surface area contributed by atoms with E-state index in [1.54, 1.807) is 4.57 Å². The number of piperidine rings is 1. The number of hydrogen-bond acceptors (Lipinski definition) is 5. The summed E-state index contributed by atoms with van der Waals surface area (Å²) in [5.74, 6) is -0.243. The monoisotopic (exact) mass is 238 g/mol. The molecule has 1 aromatic rings. The third-order valence-electron chi connectivity index (χ3n) is 2.84. The van der Waals surface area contributed by atoms with Gasteiger partial charge < -0.3 is 20.4 Å². The summed E-state index contributed by atoms with van der Waals surface area (Å²) < 4.78 is 6.27. The molecule has 0 bridgehead atoms. The molecule has 7 heteroatoms. The molecule has 17 heavy (non-hydrogen) atoms. The first-order chi connectivity index (χ1) is 8.13. The summed E-state index contributed by atoms with van der Waals surface area (Å²) in [4.78, 5) is 26.3. The standard InChI is InChI=1S/C10H14N4O3/c1-17-10(16)8-9(11)14(5-13-8)6-2-3-7(15)12-4-6/h5-6H,2-4,11H2,1H3,(H,12,15). The van der Waals surface area contributed by atoms with Crippen molar-refractivity contribution in [3.63, 3.8) is 0 Å². The number of aromatic nitrogens is 2. The van der Waals surface area contributed by atoms with Crippen molar-refractivity contribution in [3.8, 4) is 0 Å². The van der Waals surface area contributed by atoms with Gasteiger partial charge in [-0.25, -0.2) is 9.78 Å². The summed E-state index contributed by atoms with van der Waals surface area (Å²) in [5.41, 5.74) is 5.95. The van der Waals surface area contributed by atoms with Crippen LogP contribution in [0.4, 0.5) is 5.82 Å². The predicted octanol–water partition coefficient (Wildman–Crippen LogP) is -0.297. The Balaban J connectivity index is 2.19. The first-order valence-corrected chi connectivity index (χ1v) is 5.30. The highest BCUT2D eigenvalue weighted by Gasteiger charge is 2.24. The van der Waals surface area contributed by atoms with Crippen LogP contribution in [0.2, 0.25) is 0 Å². The summed E-state index contributed by atoms with van der Waals surface area (Å²) in [6.07, 6.45) is 2.65. The Kier molecular flexibility index (Phi) is 2.99. The number of carbonyl (C=O) groups is 2. The lowest BCUT2D eigenvalue weighted by Gasteiger charge is -2.24. The highest BCUT2D eigenvalue weighted by atomic mass is 16.5. The average Bonchev–Trinajstić information content (AvgIpc) is 2.71. The highest BCUT2D eigenvalue weighted by molar-refractivity contribution is 5.92. The second-order valence-corrected chi connectivity index (χ2v) is 3.87. The van der Waals surface area contributed by atoms with Gasteiger partial charge in [0.25, 0.3) is 0 Å². The molecule has 1 atom stereocenters. The number of carbonyl (C=O) groups excluding carboxylic acids is 2. The molecule has 1 saturated heterocycles. The van der Waals surface area contributed by atoms with Gasteiger partial charge in [-0.15, -0.1) is 0 Å². The maximum atomic E-state index is 11.3. The van der Waals surface area contributed by atoms with E-state index in [1.165, 1.54) is 13.4 Å². The number of imidazole rings is 1. The van der Waals surface area contributed by atoms with Crippen LogP contribution in [0, 0.1) is 0 Å². The summed E-state index contributed by atoms with van der Waals surface area (Å²) in [6, 6.07) is 0.0404. The molecule has 0 aliphatic carbocycles. The summed E-state index contributed by atoms with van der Waals surface area (Å²) in [7, 11) is 1.28. The lowest BCUT2D eigenvalue weighted by Crippen LogP contribution is -2.36.